The van der Waals surface area contributed by atoms with Crippen molar-refractivity contribution in [1.82, 2.24) is 5.06 Å². The standard InChI is InChI=1S/C20H24FNO3/c21-18-9-7-17(8-10-18)19-11-12-20(25-19)24-14-4-13-22(23)15-16-5-2-1-3-6-16/h1-3,5-10,19-20,23H,4,11-15H2. The van der Waals surface area contributed by atoms with Crippen LogP contribution in [0.15, 0.2) is 54.6 Å². The van der Waals surface area contributed by atoms with Crippen LogP contribution < -0.4 is 0 Å². The summed E-state index contributed by atoms with van der Waals surface area (Å²) in [6, 6.07) is 16.3. The lowest BCUT2D eigenvalue weighted by Crippen LogP contribution is -2.22. The second-order valence-electron chi connectivity index (χ2n) is 6.28. The van der Waals surface area contributed by atoms with Crippen molar-refractivity contribution in [2.45, 2.75) is 38.2 Å². The minimum absolute atomic E-state index is 0.0296. The number of nitrogens with zero attached hydrogens (tertiary/aromatic N) is 1. The lowest BCUT2D eigenvalue weighted by molar-refractivity contribution is -0.144. The topological polar surface area (TPSA) is 41.9 Å². The van der Waals surface area contributed by atoms with Gasteiger partial charge in [-0.1, -0.05) is 42.5 Å². The highest BCUT2D eigenvalue weighted by Crippen LogP contribution is 2.33. The van der Waals surface area contributed by atoms with Gasteiger partial charge < -0.3 is 14.7 Å². The smallest absolute Gasteiger partial charge is 0.158 e. The molecule has 0 radical (unpaired) electrons. The van der Waals surface area contributed by atoms with Crippen molar-refractivity contribution in [2.75, 3.05) is 13.2 Å². The van der Waals surface area contributed by atoms with E-state index in [9.17, 15) is 9.60 Å². The van der Waals surface area contributed by atoms with Gasteiger partial charge in [-0.05, 0) is 36.1 Å². The molecule has 0 spiro atoms. The average molecular weight is 345 g/mol. The van der Waals surface area contributed by atoms with E-state index in [4.69, 9.17) is 9.47 Å². The zero-order valence-corrected chi connectivity index (χ0v) is 14.2. The molecule has 134 valence electrons. The number of ether oxygens (including phenoxy) is 2. The van der Waals surface area contributed by atoms with E-state index in [1.54, 1.807) is 12.1 Å². The third kappa shape index (κ3) is 5.61. The third-order valence-electron chi connectivity index (χ3n) is 4.29. The molecule has 4 nitrogen and oxygen atoms in total. The lowest BCUT2D eigenvalue weighted by atomic mass is 10.1. The van der Waals surface area contributed by atoms with Crippen LogP contribution in [0, 0.1) is 5.82 Å². The molecule has 0 aliphatic carbocycles. The van der Waals surface area contributed by atoms with Crippen LogP contribution in [0.2, 0.25) is 0 Å². The van der Waals surface area contributed by atoms with E-state index in [1.807, 2.05) is 30.3 Å². The summed E-state index contributed by atoms with van der Waals surface area (Å²) >= 11 is 0. The fourth-order valence-electron chi connectivity index (χ4n) is 2.99. The summed E-state index contributed by atoms with van der Waals surface area (Å²) in [5, 5.41) is 11.2. The van der Waals surface area contributed by atoms with Gasteiger partial charge in [0.05, 0.1) is 12.7 Å². The zero-order valence-electron chi connectivity index (χ0n) is 14.2. The molecule has 2 aromatic carbocycles. The molecule has 1 N–H and O–H groups in total. The molecule has 1 aliphatic rings. The normalized spacial score (nSPS) is 20.3. The molecule has 2 atom stereocenters. The Morgan fingerprint density at radius 3 is 2.60 bits per heavy atom. The van der Waals surface area contributed by atoms with Gasteiger partial charge in [-0.3, -0.25) is 0 Å². The molecule has 0 bridgehead atoms. The number of hydrogen-bond acceptors (Lipinski definition) is 4. The minimum atomic E-state index is -0.237. The van der Waals surface area contributed by atoms with E-state index in [2.05, 4.69) is 0 Å². The van der Waals surface area contributed by atoms with Gasteiger partial charge in [0, 0.05) is 19.5 Å². The summed E-state index contributed by atoms with van der Waals surface area (Å²) in [6.45, 7) is 1.59. The molecule has 5 heteroatoms. The van der Waals surface area contributed by atoms with Crippen LogP contribution in [0.3, 0.4) is 0 Å². The quantitative estimate of drug-likeness (QED) is 0.572. The van der Waals surface area contributed by atoms with Crippen molar-refractivity contribution in [3.05, 3.63) is 71.5 Å². The first-order valence-electron chi connectivity index (χ1n) is 8.71. The first-order valence-corrected chi connectivity index (χ1v) is 8.71. The Bertz CT molecular complexity index is 635. The van der Waals surface area contributed by atoms with Gasteiger partial charge in [-0.2, -0.15) is 5.06 Å². The number of benzene rings is 2. The molecule has 1 fully saturated rings. The van der Waals surface area contributed by atoms with Gasteiger partial charge >= 0.3 is 0 Å². The second-order valence-corrected chi connectivity index (χ2v) is 6.28. The third-order valence-corrected chi connectivity index (χ3v) is 4.29. The number of halogens is 1. The maximum atomic E-state index is 13.0. The molecule has 0 aromatic heterocycles. The van der Waals surface area contributed by atoms with Gasteiger partial charge in [0.15, 0.2) is 6.29 Å². The highest BCUT2D eigenvalue weighted by atomic mass is 19.1. The van der Waals surface area contributed by atoms with Crippen molar-refractivity contribution in [2.24, 2.45) is 0 Å². The van der Waals surface area contributed by atoms with Crippen LogP contribution in [0.5, 0.6) is 0 Å². The molecule has 0 amide bonds. The van der Waals surface area contributed by atoms with Crippen molar-refractivity contribution in [3.63, 3.8) is 0 Å². The van der Waals surface area contributed by atoms with E-state index >= 15 is 0 Å². The predicted molar refractivity (Wildman–Crippen MR) is 92.5 cm³/mol. The Hall–Kier alpha value is -1.79. The highest BCUT2D eigenvalue weighted by molar-refractivity contribution is 5.19. The molecule has 3 rings (SSSR count). The fraction of sp³-hybridized carbons (Fsp3) is 0.400. The first-order chi connectivity index (χ1) is 12.2. The Kier molecular flexibility index (Phi) is 6.53. The van der Waals surface area contributed by atoms with E-state index < -0.39 is 0 Å². The van der Waals surface area contributed by atoms with Gasteiger partial charge in [-0.15, -0.1) is 0 Å². The SMILES string of the molecule is ON(CCCOC1CCC(c2ccc(F)cc2)O1)Cc1ccccc1. The zero-order chi connectivity index (χ0) is 17.5. The number of hydrogen-bond donors (Lipinski definition) is 1. The van der Waals surface area contributed by atoms with Gasteiger partial charge in [0.1, 0.15) is 5.82 Å². The van der Waals surface area contributed by atoms with E-state index in [0.29, 0.717) is 19.7 Å². The van der Waals surface area contributed by atoms with E-state index in [-0.39, 0.29) is 18.2 Å². The molecular formula is C20H24FNO3. The monoisotopic (exact) mass is 345 g/mol. The largest absolute Gasteiger partial charge is 0.353 e. The van der Waals surface area contributed by atoms with Crippen molar-refractivity contribution in [3.8, 4) is 0 Å². The van der Waals surface area contributed by atoms with Crippen molar-refractivity contribution in [1.29, 1.82) is 0 Å². The van der Waals surface area contributed by atoms with Crippen LogP contribution in [-0.4, -0.2) is 29.7 Å². The second kappa shape index (κ2) is 9.06. The van der Waals surface area contributed by atoms with Crippen molar-refractivity contribution >= 4 is 0 Å². The summed E-state index contributed by atoms with van der Waals surface area (Å²) in [5.41, 5.74) is 2.06. The lowest BCUT2D eigenvalue weighted by Gasteiger charge is -2.17. The first kappa shape index (κ1) is 18.0. The molecule has 0 saturated carbocycles. The minimum Gasteiger partial charge on any atom is -0.353 e. The summed E-state index contributed by atoms with van der Waals surface area (Å²) in [4.78, 5) is 0. The van der Waals surface area contributed by atoms with Gasteiger partial charge in [0.25, 0.3) is 0 Å². The van der Waals surface area contributed by atoms with Crippen LogP contribution in [-0.2, 0) is 16.0 Å². The molecular weight excluding hydrogens is 321 g/mol. The maximum Gasteiger partial charge on any atom is 0.158 e. The summed E-state index contributed by atoms with van der Waals surface area (Å²) in [6.07, 6.45) is 2.17. The molecule has 2 aromatic rings. The molecule has 1 saturated heterocycles. The summed E-state index contributed by atoms with van der Waals surface area (Å²) < 4.78 is 24.6. The van der Waals surface area contributed by atoms with Crippen LogP contribution in [0.1, 0.15) is 36.5 Å². The predicted octanol–water partition coefficient (Wildman–Crippen LogP) is 4.30. The van der Waals surface area contributed by atoms with E-state index in [1.165, 1.54) is 17.2 Å². The summed E-state index contributed by atoms with van der Waals surface area (Å²) in [7, 11) is 0. The molecule has 25 heavy (non-hydrogen) atoms. The van der Waals surface area contributed by atoms with Crippen LogP contribution in [0.4, 0.5) is 4.39 Å². The fourth-order valence-corrected chi connectivity index (χ4v) is 2.99. The highest BCUT2D eigenvalue weighted by Gasteiger charge is 2.26. The Labute approximate surface area is 147 Å². The molecule has 1 heterocycles. The number of rotatable bonds is 8. The summed E-state index contributed by atoms with van der Waals surface area (Å²) in [5.74, 6) is -0.237. The maximum absolute atomic E-state index is 13.0. The van der Waals surface area contributed by atoms with Gasteiger partial charge in [-0.25, -0.2) is 4.39 Å². The van der Waals surface area contributed by atoms with Crippen LogP contribution >= 0.6 is 0 Å². The Balaban J connectivity index is 1.32. The average Bonchev–Trinajstić information content (AvgIpc) is 3.09. The number of hydroxylamine groups is 2. The Morgan fingerprint density at radius 1 is 1.08 bits per heavy atom. The Morgan fingerprint density at radius 2 is 1.84 bits per heavy atom. The van der Waals surface area contributed by atoms with Gasteiger partial charge in [0.2, 0.25) is 0 Å². The molecule has 2 unspecified atom stereocenters. The van der Waals surface area contributed by atoms with Crippen molar-refractivity contribution < 1.29 is 19.1 Å². The molecule has 1 aliphatic heterocycles. The van der Waals surface area contributed by atoms with Crippen LogP contribution in [0.25, 0.3) is 0 Å². The van der Waals surface area contributed by atoms with E-state index in [0.717, 1.165) is 30.4 Å².